The first-order valence-corrected chi connectivity index (χ1v) is 5.52. The third-order valence-electron chi connectivity index (χ3n) is 3.20. The van der Waals surface area contributed by atoms with E-state index >= 15 is 0 Å². The van der Waals surface area contributed by atoms with Crippen LogP contribution in [-0.4, -0.2) is 28.8 Å². The number of nitrogens with one attached hydrogen (secondary N) is 1. The fourth-order valence-electron chi connectivity index (χ4n) is 2.11. The predicted molar refractivity (Wildman–Crippen MR) is 59.7 cm³/mol. The van der Waals surface area contributed by atoms with E-state index in [0.717, 1.165) is 32.4 Å². The molecule has 3 heteroatoms. The standard InChI is InChI=1S/C12H18N2O/c1-10-2-5-14-9-11(10)8-12(15)3-6-13-7-4-12/h2,5,9,13,15H,3-4,6-8H2,1H3. The van der Waals surface area contributed by atoms with Gasteiger partial charge in [-0.2, -0.15) is 0 Å². The Kier molecular flexibility index (Phi) is 3.03. The maximum absolute atomic E-state index is 10.4. The van der Waals surface area contributed by atoms with Gasteiger partial charge < -0.3 is 10.4 Å². The van der Waals surface area contributed by atoms with Crippen LogP contribution in [0.3, 0.4) is 0 Å². The molecule has 15 heavy (non-hydrogen) atoms. The van der Waals surface area contributed by atoms with Gasteiger partial charge in [0.25, 0.3) is 0 Å². The Morgan fingerprint density at radius 3 is 2.87 bits per heavy atom. The topological polar surface area (TPSA) is 45.2 Å². The van der Waals surface area contributed by atoms with Gasteiger partial charge in [0.15, 0.2) is 0 Å². The van der Waals surface area contributed by atoms with Gasteiger partial charge in [0.2, 0.25) is 0 Å². The number of hydrogen-bond donors (Lipinski definition) is 2. The van der Waals surface area contributed by atoms with E-state index in [2.05, 4.69) is 17.2 Å². The molecule has 0 bridgehead atoms. The van der Waals surface area contributed by atoms with Gasteiger partial charge in [-0.1, -0.05) is 0 Å². The lowest BCUT2D eigenvalue weighted by molar-refractivity contribution is 0.0107. The highest BCUT2D eigenvalue weighted by Crippen LogP contribution is 2.24. The summed E-state index contributed by atoms with van der Waals surface area (Å²) < 4.78 is 0. The molecule has 0 saturated carbocycles. The van der Waals surface area contributed by atoms with Crippen molar-refractivity contribution in [1.82, 2.24) is 10.3 Å². The van der Waals surface area contributed by atoms with Crippen molar-refractivity contribution in [3.05, 3.63) is 29.6 Å². The van der Waals surface area contributed by atoms with Crippen LogP contribution in [0.1, 0.15) is 24.0 Å². The largest absolute Gasteiger partial charge is 0.389 e. The smallest absolute Gasteiger partial charge is 0.0712 e. The van der Waals surface area contributed by atoms with Crippen LogP contribution in [0.4, 0.5) is 0 Å². The molecule has 0 unspecified atom stereocenters. The van der Waals surface area contributed by atoms with Gasteiger partial charge >= 0.3 is 0 Å². The summed E-state index contributed by atoms with van der Waals surface area (Å²) in [7, 11) is 0. The first kappa shape index (κ1) is 10.6. The Morgan fingerprint density at radius 1 is 1.47 bits per heavy atom. The summed E-state index contributed by atoms with van der Waals surface area (Å²) in [6.45, 7) is 3.90. The van der Waals surface area contributed by atoms with Crippen LogP contribution in [0.2, 0.25) is 0 Å². The molecule has 0 spiro atoms. The van der Waals surface area contributed by atoms with E-state index in [1.54, 1.807) is 6.20 Å². The molecule has 1 aliphatic rings. The minimum atomic E-state index is -0.529. The second-order valence-corrected chi connectivity index (χ2v) is 4.45. The van der Waals surface area contributed by atoms with Crippen molar-refractivity contribution >= 4 is 0 Å². The molecule has 0 aromatic carbocycles. The average molecular weight is 206 g/mol. The third-order valence-corrected chi connectivity index (χ3v) is 3.20. The van der Waals surface area contributed by atoms with Gasteiger partial charge in [0, 0.05) is 18.8 Å². The number of nitrogens with zero attached hydrogens (tertiary/aromatic N) is 1. The van der Waals surface area contributed by atoms with Crippen molar-refractivity contribution < 1.29 is 5.11 Å². The molecule has 1 fully saturated rings. The van der Waals surface area contributed by atoms with E-state index in [4.69, 9.17) is 0 Å². The summed E-state index contributed by atoms with van der Waals surface area (Å²) >= 11 is 0. The van der Waals surface area contributed by atoms with E-state index in [-0.39, 0.29) is 0 Å². The Morgan fingerprint density at radius 2 is 2.20 bits per heavy atom. The van der Waals surface area contributed by atoms with Gasteiger partial charge in [-0.05, 0) is 50.0 Å². The molecule has 0 aliphatic carbocycles. The van der Waals surface area contributed by atoms with E-state index in [9.17, 15) is 5.11 Å². The van der Waals surface area contributed by atoms with Gasteiger partial charge in [-0.25, -0.2) is 0 Å². The lowest BCUT2D eigenvalue weighted by Gasteiger charge is -2.33. The quantitative estimate of drug-likeness (QED) is 0.760. The first-order chi connectivity index (χ1) is 7.20. The fourth-order valence-corrected chi connectivity index (χ4v) is 2.11. The molecule has 0 atom stereocenters. The number of aryl methyl sites for hydroxylation is 1. The zero-order chi connectivity index (χ0) is 10.7. The first-order valence-electron chi connectivity index (χ1n) is 5.52. The Balaban J connectivity index is 2.10. The van der Waals surface area contributed by atoms with Crippen LogP contribution in [0.25, 0.3) is 0 Å². The highest BCUT2D eigenvalue weighted by molar-refractivity contribution is 5.23. The van der Waals surface area contributed by atoms with Crippen LogP contribution in [0, 0.1) is 6.92 Å². The summed E-state index contributed by atoms with van der Waals surface area (Å²) in [5.74, 6) is 0. The average Bonchev–Trinajstić information content (AvgIpc) is 2.22. The van der Waals surface area contributed by atoms with Crippen molar-refractivity contribution in [3.8, 4) is 0 Å². The van der Waals surface area contributed by atoms with Crippen LogP contribution in [-0.2, 0) is 6.42 Å². The van der Waals surface area contributed by atoms with E-state index < -0.39 is 5.60 Å². The Hall–Kier alpha value is -0.930. The zero-order valence-electron chi connectivity index (χ0n) is 9.16. The lowest BCUT2D eigenvalue weighted by Crippen LogP contribution is -2.43. The van der Waals surface area contributed by atoms with Crippen molar-refractivity contribution in [2.75, 3.05) is 13.1 Å². The molecular weight excluding hydrogens is 188 g/mol. The summed E-state index contributed by atoms with van der Waals surface area (Å²) in [6.07, 6.45) is 6.07. The predicted octanol–water partition coefficient (Wildman–Crippen LogP) is 1.05. The van der Waals surface area contributed by atoms with Crippen molar-refractivity contribution in [1.29, 1.82) is 0 Å². The van der Waals surface area contributed by atoms with Crippen LogP contribution >= 0.6 is 0 Å². The van der Waals surface area contributed by atoms with Gasteiger partial charge in [0.1, 0.15) is 0 Å². The molecular formula is C12H18N2O. The highest BCUT2D eigenvalue weighted by atomic mass is 16.3. The van der Waals surface area contributed by atoms with Crippen LogP contribution in [0.5, 0.6) is 0 Å². The molecule has 0 amide bonds. The molecule has 1 aromatic heterocycles. The Labute approximate surface area is 90.5 Å². The minimum absolute atomic E-state index is 0.529. The fraction of sp³-hybridized carbons (Fsp3) is 0.583. The molecule has 0 radical (unpaired) electrons. The molecule has 1 saturated heterocycles. The number of pyridine rings is 1. The van der Waals surface area contributed by atoms with Crippen molar-refractivity contribution in [3.63, 3.8) is 0 Å². The van der Waals surface area contributed by atoms with Gasteiger partial charge in [-0.15, -0.1) is 0 Å². The molecule has 3 nitrogen and oxygen atoms in total. The zero-order valence-corrected chi connectivity index (χ0v) is 9.16. The maximum atomic E-state index is 10.4. The highest BCUT2D eigenvalue weighted by Gasteiger charge is 2.29. The summed E-state index contributed by atoms with van der Waals surface area (Å²) in [4.78, 5) is 4.12. The number of hydrogen-bond acceptors (Lipinski definition) is 3. The Bertz CT molecular complexity index is 332. The molecule has 1 aliphatic heterocycles. The monoisotopic (exact) mass is 206 g/mol. The van der Waals surface area contributed by atoms with Crippen LogP contribution in [0.15, 0.2) is 18.5 Å². The SMILES string of the molecule is Cc1ccncc1CC1(O)CCNCC1. The molecule has 1 aromatic rings. The van der Waals surface area contributed by atoms with E-state index in [1.807, 2.05) is 12.3 Å². The number of piperidine rings is 1. The van der Waals surface area contributed by atoms with Gasteiger partial charge in [-0.3, -0.25) is 4.98 Å². The van der Waals surface area contributed by atoms with Gasteiger partial charge in [0.05, 0.1) is 5.60 Å². The number of aromatic nitrogens is 1. The summed E-state index contributed by atoms with van der Waals surface area (Å²) in [5.41, 5.74) is 1.86. The summed E-state index contributed by atoms with van der Waals surface area (Å²) in [6, 6.07) is 2.00. The molecule has 2 heterocycles. The third kappa shape index (κ3) is 2.55. The second kappa shape index (κ2) is 4.29. The maximum Gasteiger partial charge on any atom is 0.0712 e. The normalized spacial score (nSPS) is 20.1. The lowest BCUT2D eigenvalue weighted by atomic mass is 9.85. The number of aliphatic hydroxyl groups is 1. The minimum Gasteiger partial charge on any atom is -0.389 e. The molecule has 82 valence electrons. The molecule has 2 rings (SSSR count). The van der Waals surface area contributed by atoms with Crippen LogP contribution < -0.4 is 5.32 Å². The van der Waals surface area contributed by atoms with E-state index in [1.165, 1.54) is 11.1 Å². The van der Waals surface area contributed by atoms with E-state index in [0.29, 0.717) is 0 Å². The molecule has 2 N–H and O–H groups in total. The van der Waals surface area contributed by atoms with Crippen molar-refractivity contribution in [2.45, 2.75) is 31.8 Å². The number of rotatable bonds is 2. The second-order valence-electron chi connectivity index (χ2n) is 4.45. The van der Waals surface area contributed by atoms with Crippen molar-refractivity contribution in [2.24, 2.45) is 0 Å². The summed E-state index contributed by atoms with van der Waals surface area (Å²) in [5, 5.41) is 13.6.